The van der Waals surface area contributed by atoms with E-state index in [1.807, 2.05) is 27.0 Å². The average molecular weight is 356 g/mol. The van der Waals surface area contributed by atoms with Gasteiger partial charge in [-0.15, -0.1) is 5.10 Å². The van der Waals surface area contributed by atoms with Crippen LogP contribution in [0.25, 0.3) is 5.82 Å². The Balaban J connectivity index is 1.45. The molecule has 8 nitrogen and oxygen atoms in total. The maximum atomic E-state index is 12.2. The highest BCUT2D eigenvalue weighted by atomic mass is 16.2. The minimum atomic E-state index is -0.106. The molecule has 0 aliphatic carbocycles. The van der Waals surface area contributed by atoms with Crippen molar-refractivity contribution in [3.63, 3.8) is 0 Å². The van der Waals surface area contributed by atoms with Gasteiger partial charge in [0.15, 0.2) is 5.82 Å². The fourth-order valence-electron chi connectivity index (χ4n) is 3.91. The average Bonchev–Trinajstić information content (AvgIpc) is 3.07. The lowest BCUT2D eigenvalue weighted by molar-refractivity contribution is -0.133. The molecule has 1 unspecified atom stereocenters. The number of hydrogen-bond donors (Lipinski definition) is 0. The number of aromatic nitrogens is 4. The monoisotopic (exact) mass is 356 g/mol. The molecule has 2 saturated heterocycles. The lowest BCUT2D eigenvalue weighted by atomic mass is 9.97. The van der Waals surface area contributed by atoms with Gasteiger partial charge in [0, 0.05) is 44.4 Å². The number of likely N-dealkylation sites (N-methyl/N-ethyl adjacent to an activating group) is 1. The zero-order chi connectivity index (χ0) is 18.4. The van der Waals surface area contributed by atoms with Gasteiger partial charge in [0.2, 0.25) is 5.91 Å². The van der Waals surface area contributed by atoms with Gasteiger partial charge in [-0.3, -0.25) is 14.5 Å². The Morgan fingerprint density at radius 1 is 1.15 bits per heavy atom. The Labute approximate surface area is 152 Å². The maximum Gasteiger partial charge on any atom is 0.266 e. The van der Waals surface area contributed by atoms with Crippen LogP contribution in [-0.2, 0) is 11.3 Å². The summed E-state index contributed by atoms with van der Waals surface area (Å²) in [5.74, 6) is 1.21. The highest BCUT2D eigenvalue weighted by Crippen LogP contribution is 2.25. The summed E-state index contributed by atoms with van der Waals surface area (Å²) < 4.78 is 3.28. The number of amides is 1. The Morgan fingerprint density at radius 2 is 1.92 bits per heavy atom. The first-order valence-electron chi connectivity index (χ1n) is 9.03. The summed E-state index contributed by atoms with van der Waals surface area (Å²) >= 11 is 0. The third kappa shape index (κ3) is 2.94. The molecular formula is C18H24N6O2. The normalized spacial score (nSPS) is 21.4. The molecule has 2 aliphatic rings. The summed E-state index contributed by atoms with van der Waals surface area (Å²) in [4.78, 5) is 28.3. The van der Waals surface area contributed by atoms with Gasteiger partial charge in [-0.25, -0.2) is 9.36 Å². The minimum absolute atomic E-state index is 0.0157. The SMILES string of the molecule is Cc1cc(C)n(-c2ccc(=O)n(CC3CN(C4CCN(C)C4=O)C3)n2)n1. The second-order valence-electron chi connectivity index (χ2n) is 7.43. The van der Waals surface area contributed by atoms with E-state index >= 15 is 0 Å². The molecular weight excluding hydrogens is 332 g/mol. The predicted octanol–water partition coefficient (Wildman–Crippen LogP) is 0.208. The lowest BCUT2D eigenvalue weighted by Crippen LogP contribution is -2.56. The zero-order valence-electron chi connectivity index (χ0n) is 15.4. The highest BCUT2D eigenvalue weighted by Gasteiger charge is 2.40. The van der Waals surface area contributed by atoms with Gasteiger partial charge in [-0.05, 0) is 32.4 Å². The summed E-state index contributed by atoms with van der Waals surface area (Å²) in [6.07, 6.45) is 0.896. The van der Waals surface area contributed by atoms with Crippen molar-refractivity contribution in [3.05, 3.63) is 39.9 Å². The largest absolute Gasteiger partial charge is 0.344 e. The van der Waals surface area contributed by atoms with Crippen molar-refractivity contribution in [1.29, 1.82) is 0 Å². The fraction of sp³-hybridized carbons (Fsp3) is 0.556. The van der Waals surface area contributed by atoms with E-state index in [-0.39, 0.29) is 17.5 Å². The van der Waals surface area contributed by atoms with Crippen molar-refractivity contribution in [2.45, 2.75) is 32.9 Å². The molecule has 0 bridgehead atoms. The molecule has 138 valence electrons. The summed E-state index contributed by atoms with van der Waals surface area (Å²) in [6, 6.07) is 5.25. The first-order chi connectivity index (χ1) is 12.4. The van der Waals surface area contributed by atoms with E-state index in [1.165, 1.54) is 4.68 Å². The van der Waals surface area contributed by atoms with Crippen molar-refractivity contribution in [3.8, 4) is 5.82 Å². The van der Waals surface area contributed by atoms with Crippen LogP contribution < -0.4 is 5.56 Å². The molecule has 0 spiro atoms. The van der Waals surface area contributed by atoms with Crippen LogP contribution in [0.1, 0.15) is 17.8 Å². The van der Waals surface area contributed by atoms with Gasteiger partial charge in [0.05, 0.1) is 18.3 Å². The number of likely N-dealkylation sites (tertiary alicyclic amines) is 2. The van der Waals surface area contributed by atoms with E-state index in [9.17, 15) is 9.59 Å². The molecule has 4 heterocycles. The van der Waals surface area contributed by atoms with Gasteiger partial charge in [0.25, 0.3) is 5.56 Å². The topological polar surface area (TPSA) is 76.3 Å². The van der Waals surface area contributed by atoms with Crippen LogP contribution >= 0.6 is 0 Å². The predicted molar refractivity (Wildman–Crippen MR) is 96.2 cm³/mol. The van der Waals surface area contributed by atoms with Crippen LogP contribution in [0.15, 0.2) is 23.0 Å². The molecule has 2 fully saturated rings. The number of nitrogens with zero attached hydrogens (tertiary/aromatic N) is 6. The quantitative estimate of drug-likeness (QED) is 0.783. The minimum Gasteiger partial charge on any atom is -0.344 e. The molecule has 0 N–H and O–H groups in total. The van der Waals surface area contributed by atoms with E-state index < -0.39 is 0 Å². The number of hydrogen-bond acceptors (Lipinski definition) is 5. The van der Waals surface area contributed by atoms with E-state index in [4.69, 9.17) is 0 Å². The second-order valence-corrected chi connectivity index (χ2v) is 7.43. The summed E-state index contributed by atoms with van der Waals surface area (Å²) in [7, 11) is 1.85. The summed E-state index contributed by atoms with van der Waals surface area (Å²) in [6.45, 7) is 6.97. The number of carbonyl (C=O) groups is 1. The molecule has 1 atom stereocenters. The van der Waals surface area contributed by atoms with Gasteiger partial charge < -0.3 is 4.90 Å². The Kier molecular flexibility index (Phi) is 4.14. The Morgan fingerprint density at radius 3 is 2.54 bits per heavy atom. The summed E-state index contributed by atoms with van der Waals surface area (Å²) in [5.41, 5.74) is 1.80. The fourth-order valence-corrected chi connectivity index (χ4v) is 3.91. The van der Waals surface area contributed by atoms with E-state index in [2.05, 4.69) is 15.1 Å². The smallest absolute Gasteiger partial charge is 0.266 e. The van der Waals surface area contributed by atoms with Gasteiger partial charge >= 0.3 is 0 Å². The van der Waals surface area contributed by atoms with Crippen molar-refractivity contribution < 1.29 is 4.79 Å². The molecule has 26 heavy (non-hydrogen) atoms. The van der Waals surface area contributed by atoms with Crippen LogP contribution in [0, 0.1) is 19.8 Å². The molecule has 1 amide bonds. The third-order valence-corrected chi connectivity index (χ3v) is 5.34. The third-order valence-electron chi connectivity index (χ3n) is 5.34. The molecule has 4 rings (SSSR count). The number of rotatable bonds is 4. The van der Waals surface area contributed by atoms with Crippen LogP contribution in [0.2, 0.25) is 0 Å². The second kappa shape index (κ2) is 6.35. The van der Waals surface area contributed by atoms with Crippen LogP contribution in [-0.4, -0.2) is 68.0 Å². The van der Waals surface area contributed by atoms with E-state index in [0.29, 0.717) is 18.3 Å². The lowest BCUT2D eigenvalue weighted by Gasteiger charge is -2.42. The van der Waals surface area contributed by atoms with Crippen molar-refractivity contribution in [2.24, 2.45) is 5.92 Å². The molecule has 0 aromatic carbocycles. The number of carbonyl (C=O) groups excluding carboxylic acids is 1. The van der Waals surface area contributed by atoms with Crippen LogP contribution in [0.5, 0.6) is 0 Å². The van der Waals surface area contributed by atoms with Crippen molar-refractivity contribution in [1.82, 2.24) is 29.4 Å². The standard InChI is InChI=1S/C18H24N6O2/c1-12-8-13(2)24(19-12)16-4-5-17(25)23(20-16)11-14-9-22(10-14)15-6-7-21(3)18(15)26/h4-5,8,14-15H,6-7,9-11H2,1-3H3. The highest BCUT2D eigenvalue weighted by molar-refractivity contribution is 5.83. The van der Waals surface area contributed by atoms with Crippen molar-refractivity contribution in [2.75, 3.05) is 26.7 Å². The van der Waals surface area contributed by atoms with E-state index in [1.54, 1.807) is 21.7 Å². The van der Waals surface area contributed by atoms with E-state index in [0.717, 1.165) is 37.4 Å². The van der Waals surface area contributed by atoms with Crippen molar-refractivity contribution >= 4 is 5.91 Å². The molecule has 2 aromatic heterocycles. The first kappa shape index (κ1) is 17.0. The Hall–Kier alpha value is -2.48. The molecule has 2 aromatic rings. The molecule has 8 heteroatoms. The van der Waals surface area contributed by atoms with Gasteiger partial charge in [-0.1, -0.05) is 0 Å². The van der Waals surface area contributed by atoms with Gasteiger partial charge in [-0.2, -0.15) is 5.10 Å². The Bertz CT molecular complexity index is 895. The van der Waals surface area contributed by atoms with Crippen LogP contribution in [0.4, 0.5) is 0 Å². The van der Waals surface area contributed by atoms with Crippen LogP contribution in [0.3, 0.4) is 0 Å². The van der Waals surface area contributed by atoms with Gasteiger partial charge in [0.1, 0.15) is 0 Å². The summed E-state index contributed by atoms with van der Waals surface area (Å²) in [5, 5.41) is 8.93. The maximum absolute atomic E-state index is 12.2. The molecule has 0 saturated carbocycles. The molecule has 0 radical (unpaired) electrons. The molecule has 2 aliphatic heterocycles. The zero-order valence-corrected chi connectivity index (χ0v) is 15.4. The number of aryl methyl sites for hydroxylation is 2. The first-order valence-corrected chi connectivity index (χ1v) is 9.03.